The number of benzene rings is 1. The molecule has 0 aliphatic rings. The Morgan fingerprint density at radius 3 is 2.47 bits per heavy atom. The number of hydrogen-bond acceptors (Lipinski definition) is 1. The van der Waals surface area contributed by atoms with Crippen molar-refractivity contribution in [2.24, 2.45) is 0 Å². The van der Waals surface area contributed by atoms with Gasteiger partial charge in [-0.3, -0.25) is 4.79 Å². The normalized spacial score (nSPS) is 10.8. The molecule has 0 saturated carbocycles. The summed E-state index contributed by atoms with van der Waals surface area (Å²) in [7, 11) is 0. The molecule has 0 radical (unpaired) electrons. The average molecular weight is 286 g/mol. The Bertz CT molecular complexity index is 432. The van der Waals surface area contributed by atoms with Crippen LogP contribution in [0.4, 0.5) is 4.39 Å². The molecule has 1 amide bonds. The van der Waals surface area contributed by atoms with Gasteiger partial charge in [-0.2, -0.15) is 0 Å². The third-order valence-electron chi connectivity index (χ3n) is 3.32. The number of rotatable bonds is 6. The number of alkyl halides is 1. The second kappa shape index (κ2) is 7.49. The van der Waals surface area contributed by atoms with Gasteiger partial charge in [-0.15, -0.1) is 11.6 Å². The van der Waals surface area contributed by atoms with Gasteiger partial charge in [-0.1, -0.05) is 19.9 Å². The van der Waals surface area contributed by atoms with Crippen molar-refractivity contribution in [2.45, 2.75) is 39.7 Å². The first kappa shape index (κ1) is 16.0. The Morgan fingerprint density at radius 2 is 2.00 bits per heavy atom. The van der Waals surface area contributed by atoms with Crippen molar-refractivity contribution in [3.8, 4) is 0 Å². The van der Waals surface area contributed by atoms with E-state index in [0.717, 1.165) is 18.4 Å². The molecule has 0 N–H and O–H groups in total. The van der Waals surface area contributed by atoms with Gasteiger partial charge in [0.25, 0.3) is 5.91 Å². The number of hydrogen-bond donors (Lipinski definition) is 0. The van der Waals surface area contributed by atoms with Crippen molar-refractivity contribution in [3.05, 3.63) is 35.1 Å². The van der Waals surface area contributed by atoms with E-state index in [1.165, 1.54) is 6.07 Å². The van der Waals surface area contributed by atoms with Crippen LogP contribution in [0.5, 0.6) is 0 Å². The predicted molar refractivity (Wildman–Crippen MR) is 77.3 cm³/mol. The number of nitrogens with zero attached hydrogens (tertiary/aromatic N) is 1. The zero-order chi connectivity index (χ0) is 14.4. The highest BCUT2D eigenvalue weighted by Crippen LogP contribution is 2.17. The summed E-state index contributed by atoms with van der Waals surface area (Å²) in [5.74, 6) is -0.377. The largest absolute Gasteiger partial charge is 0.334 e. The van der Waals surface area contributed by atoms with Crippen LogP contribution in [-0.4, -0.2) is 29.3 Å². The van der Waals surface area contributed by atoms with Gasteiger partial charge in [0, 0.05) is 18.5 Å². The number of halogens is 2. The third-order valence-corrected chi connectivity index (χ3v) is 3.49. The molecule has 0 heterocycles. The highest BCUT2D eigenvalue weighted by atomic mass is 35.5. The fraction of sp³-hybridized carbons (Fsp3) is 0.533. The number of aryl methyl sites for hydroxylation is 1. The molecule has 1 aromatic rings. The van der Waals surface area contributed by atoms with Crippen LogP contribution in [0.1, 0.15) is 42.6 Å². The second-order valence-electron chi connectivity index (χ2n) is 4.64. The molecular formula is C15H21ClFNO. The van der Waals surface area contributed by atoms with Crippen LogP contribution in [0.15, 0.2) is 18.2 Å². The summed E-state index contributed by atoms with van der Waals surface area (Å²) in [5.41, 5.74) is 0.933. The first-order valence-corrected chi connectivity index (χ1v) is 7.21. The van der Waals surface area contributed by atoms with Crippen molar-refractivity contribution in [2.75, 3.05) is 12.4 Å². The summed E-state index contributed by atoms with van der Waals surface area (Å²) in [6, 6.07) is 4.80. The van der Waals surface area contributed by atoms with E-state index in [-0.39, 0.29) is 17.5 Å². The molecule has 0 fully saturated rings. The molecule has 4 heteroatoms. The minimum atomic E-state index is -0.462. The fourth-order valence-electron chi connectivity index (χ4n) is 2.22. The molecule has 1 rings (SSSR count). The molecule has 0 atom stereocenters. The number of amides is 1. The first-order valence-electron chi connectivity index (χ1n) is 6.68. The zero-order valence-corrected chi connectivity index (χ0v) is 12.5. The van der Waals surface area contributed by atoms with E-state index in [4.69, 9.17) is 11.6 Å². The summed E-state index contributed by atoms with van der Waals surface area (Å²) in [4.78, 5) is 14.1. The lowest BCUT2D eigenvalue weighted by Gasteiger charge is -2.30. The SMILES string of the molecule is CCC(CC)N(CCCl)C(=O)c1ccc(C)cc1F. The second-order valence-corrected chi connectivity index (χ2v) is 5.02. The highest BCUT2D eigenvalue weighted by Gasteiger charge is 2.24. The quantitative estimate of drug-likeness (QED) is 0.723. The summed E-state index contributed by atoms with van der Waals surface area (Å²) < 4.78 is 13.9. The Kier molecular flexibility index (Phi) is 6.29. The number of carbonyl (C=O) groups excluding carboxylic acids is 1. The van der Waals surface area contributed by atoms with Crippen LogP contribution in [0.3, 0.4) is 0 Å². The molecule has 0 bridgehead atoms. The molecule has 0 unspecified atom stereocenters. The Morgan fingerprint density at radius 1 is 1.37 bits per heavy atom. The van der Waals surface area contributed by atoms with Crippen molar-refractivity contribution in [1.29, 1.82) is 0 Å². The molecule has 0 saturated heterocycles. The lowest BCUT2D eigenvalue weighted by atomic mass is 10.1. The van der Waals surface area contributed by atoms with Crippen molar-refractivity contribution in [1.82, 2.24) is 4.90 Å². The van der Waals surface area contributed by atoms with Gasteiger partial charge in [0.2, 0.25) is 0 Å². The van der Waals surface area contributed by atoms with Crippen molar-refractivity contribution in [3.63, 3.8) is 0 Å². The highest BCUT2D eigenvalue weighted by molar-refractivity contribution is 6.18. The van der Waals surface area contributed by atoms with Crippen molar-refractivity contribution >= 4 is 17.5 Å². The van der Waals surface area contributed by atoms with E-state index < -0.39 is 5.82 Å². The predicted octanol–water partition coefficient (Wildman–Crippen LogP) is 4.00. The zero-order valence-electron chi connectivity index (χ0n) is 11.7. The molecular weight excluding hydrogens is 265 g/mol. The van der Waals surface area contributed by atoms with E-state index in [2.05, 4.69) is 0 Å². The van der Waals surface area contributed by atoms with Crippen LogP contribution in [0, 0.1) is 12.7 Å². The maximum absolute atomic E-state index is 13.9. The Hall–Kier alpha value is -1.09. The summed E-state index contributed by atoms with van der Waals surface area (Å²) in [6.45, 7) is 6.29. The Balaban J connectivity index is 3.04. The maximum atomic E-state index is 13.9. The average Bonchev–Trinajstić information content (AvgIpc) is 2.38. The summed E-state index contributed by atoms with van der Waals surface area (Å²) in [6.07, 6.45) is 1.68. The van der Waals surface area contributed by atoms with Gasteiger partial charge in [0.05, 0.1) is 5.56 Å². The van der Waals surface area contributed by atoms with E-state index in [1.807, 2.05) is 13.8 Å². The topological polar surface area (TPSA) is 20.3 Å². The standard InChI is InChI=1S/C15H21ClFNO/c1-4-12(5-2)18(9-8-16)15(19)13-7-6-11(3)10-14(13)17/h6-7,10,12H,4-5,8-9H2,1-3H3. The Labute approximate surface area is 119 Å². The van der Waals surface area contributed by atoms with Gasteiger partial charge in [-0.05, 0) is 37.5 Å². The molecule has 0 aromatic heterocycles. The summed E-state index contributed by atoms with van der Waals surface area (Å²) >= 11 is 5.76. The molecule has 0 aliphatic carbocycles. The number of carbonyl (C=O) groups is 1. The third kappa shape index (κ3) is 3.93. The van der Waals surface area contributed by atoms with E-state index >= 15 is 0 Å². The van der Waals surface area contributed by atoms with Crippen LogP contribution < -0.4 is 0 Å². The molecule has 0 spiro atoms. The maximum Gasteiger partial charge on any atom is 0.257 e. The minimum Gasteiger partial charge on any atom is -0.334 e. The van der Waals surface area contributed by atoms with E-state index in [1.54, 1.807) is 24.0 Å². The lowest BCUT2D eigenvalue weighted by molar-refractivity contribution is 0.0677. The van der Waals surface area contributed by atoms with Crippen molar-refractivity contribution < 1.29 is 9.18 Å². The molecule has 19 heavy (non-hydrogen) atoms. The molecule has 0 aliphatic heterocycles. The molecule has 106 valence electrons. The van der Waals surface area contributed by atoms with Gasteiger partial charge in [-0.25, -0.2) is 4.39 Å². The lowest BCUT2D eigenvalue weighted by Crippen LogP contribution is -2.41. The van der Waals surface area contributed by atoms with Gasteiger partial charge >= 0.3 is 0 Å². The van der Waals surface area contributed by atoms with Crippen LogP contribution >= 0.6 is 11.6 Å². The van der Waals surface area contributed by atoms with Crippen LogP contribution in [0.2, 0.25) is 0 Å². The van der Waals surface area contributed by atoms with Gasteiger partial charge < -0.3 is 4.90 Å². The van der Waals surface area contributed by atoms with E-state index in [9.17, 15) is 9.18 Å². The smallest absolute Gasteiger partial charge is 0.257 e. The fourth-order valence-corrected chi connectivity index (χ4v) is 2.40. The minimum absolute atomic E-state index is 0.104. The first-order chi connectivity index (χ1) is 9.04. The van der Waals surface area contributed by atoms with Gasteiger partial charge in [0.15, 0.2) is 0 Å². The molecule has 1 aromatic carbocycles. The van der Waals surface area contributed by atoms with Crippen LogP contribution in [-0.2, 0) is 0 Å². The summed E-state index contributed by atoms with van der Waals surface area (Å²) in [5, 5.41) is 0. The van der Waals surface area contributed by atoms with Crippen LogP contribution in [0.25, 0.3) is 0 Å². The monoisotopic (exact) mass is 285 g/mol. The molecule has 2 nitrogen and oxygen atoms in total. The van der Waals surface area contributed by atoms with Gasteiger partial charge in [0.1, 0.15) is 5.82 Å². The van der Waals surface area contributed by atoms with E-state index in [0.29, 0.717) is 12.4 Å².